The van der Waals surface area contributed by atoms with E-state index in [0.29, 0.717) is 12.5 Å². The molecule has 2 heterocycles. The number of nitrogens with two attached hydrogens (primary N) is 1. The number of hydrogen-bond acceptors (Lipinski definition) is 3. The number of primary amides is 1. The molecule has 0 unspecified atom stereocenters. The quantitative estimate of drug-likeness (QED) is 0.883. The lowest BCUT2D eigenvalue weighted by atomic mass is 9.93. The summed E-state index contributed by atoms with van der Waals surface area (Å²) in [6.07, 6.45) is 3.04. The lowest BCUT2D eigenvalue weighted by molar-refractivity contribution is -0.139. The second-order valence-electron chi connectivity index (χ2n) is 7.80. The average Bonchev–Trinajstić information content (AvgIpc) is 2.65. The first kappa shape index (κ1) is 18.0. The highest BCUT2D eigenvalue weighted by atomic mass is 16.2. The lowest BCUT2D eigenvalue weighted by Gasteiger charge is -2.47. The van der Waals surface area contributed by atoms with E-state index in [1.54, 1.807) is 0 Å². The fourth-order valence-electron chi connectivity index (χ4n) is 4.35. The standard InChI is InChI=1S/C22H27N3O2/c23-22(27)18-10-12-24(13-11-18)19-14-25(15-19)21(26)9-8-17-6-3-5-16-4-1-2-7-20(16)17/h1-7,18-19H,8-15H2,(H2,23,27). The zero-order valence-corrected chi connectivity index (χ0v) is 15.6. The van der Waals surface area contributed by atoms with Crippen molar-refractivity contribution in [3.63, 3.8) is 0 Å². The number of benzene rings is 2. The number of carbonyl (C=O) groups is 2. The Morgan fingerprint density at radius 2 is 1.70 bits per heavy atom. The topological polar surface area (TPSA) is 66.6 Å². The summed E-state index contributed by atoms with van der Waals surface area (Å²) >= 11 is 0. The van der Waals surface area contributed by atoms with Crippen molar-refractivity contribution >= 4 is 22.6 Å². The van der Waals surface area contributed by atoms with Crippen LogP contribution < -0.4 is 5.73 Å². The van der Waals surface area contributed by atoms with Crippen molar-refractivity contribution in [3.8, 4) is 0 Å². The molecule has 2 aromatic carbocycles. The molecule has 0 saturated carbocycles. The summed E-state index contributed by atoms with van der Waals surface area (Å²) < 4.78 is 0. The predicted octanol–water partition coefficient (Wildman–Crippen LogP) is 2.18. The molecule has 2 fully saturated rings. The maximum absolute atomic E-state index is 12.6. The Hall–Kier alpha value is -2.40. The highest BCUT2D eigenvalue weighted by Gasteiger charge is 2.36. The normalized spacial score (nSPS) is 19.2. The fraction of sp³-hybridized carbons (Fsp3) is 0.455. The fourth-order valence-corrected chi connectivity index (χ4v) is 4.35. The Morgan fingerprint density at radius 1 is 1.00 bits per heavy atom. The largest absolute Gasteiger partial charge is 0.369 e. The van der Waals surface area contributed by atoms with Gasteiger partial charge in [0.15, 0.2) is 0 Å². The number of likely N-dealkylation sites (tertiary alicyclic amines) is 2. The van der Waals surface area contributed by atoms with Crippen molar-refractivity contribution in [2.24, 2.45) is 11.7 Å². The molecule has 0 spiro atoms. The van der Waals surface area contributed by atoms with E-state index in [-0.39, 0.29) is 17.7 Å². The minimum Gasteiger partial charge on any atom is -0.369 e. The lowest BCUT2D eigenvalue weighted by Crippen LogP contribution is -2.62. The van der Waals surface area contributed by atoms with Gasteiger partial charge in [0.25, 0.3) is 0 Å². The van der Waals surface area contributed by atoms with Gasteiger partial charge < -0.3 is 10.6 Å². The number of fused-ring (bicyclic) bond motifs is 1. The van der Waals surface area contributed by atoms with Gasteiger partial charge in [0.05, 0.1) is 0 Å². The smallest absolute Gasteiger partial charge is 0.223 e. The Labute approximate surface area is 160 Å². The molecule has 2 amide bonds. The summed E-state index contributed by atoms with van der Waals surface area (Å²) in [6, 6.07) is 15.1. The van der Waals surface area contributed by atoms with E-state index in [2.05, 4.69) is 41.3 Å². The molecule has 0 bridgehead atoms. The van der Waals surface area contributed by atoms with Gasteiger partial charge in [-0.25, -0.2) is 0 Å². The number of nitrogens with zero attached hydrogens (tertiary/aromatic N) is 2. The molecule has 0 aromatic heterocycles. The molecule has 2 aliphatic rings. The van der Waals surface area contributed by atoms with Crippen LogP contribution in [0.1, 0.15) is 24.8 Å². The highest BCUT2D eigenvalue weighted by molar-refractivity contribution is 5.86. The van der Waals surface area contributed by atoms with Crippen molar-refractivity contribution in [2.75, 3.05) is 26.2 Å². The van der Waals surface area contributed by atoms with Gasteiger partial charge in [-0.3, -0.25) is 14.5 Å². The van der Waals surface area contributed by atoms with Crippen LogP contribution in [0, 0.1) is 5.92 Å². The van der Waals surface area contributed by atoms with Gasteiger partial charge in [-0.15, -0.1) is 0 Å². The molecule has 2 N–H and O–H groups in total. The molecule has 4 rings (SSSR count). The maximum Gasteiger partial charge on any atom is 0.223 e. The van der Waals surface area contributed by atoms with Crippen molar-refractivity contribution in [1.29, 1.82) is 0 Å². The number of amides is 2. The van der Waals surface area contributed by atoms with E-state index >= 15 is 0 Å². The molecule has 2 aliphatic heterocycles. The van der Waals surface area contributed by atoms with Gasteiger partial charge in [-0.2, -0.15) is 0 Å². The molecule has 5 heteroatoms. The van der Waals surface area contributed by atoms with Gasteiger partial charge in [0, 0.05) is 31.5 Å². The van der Waals surface area contributed by atoms with Gasteiger partial charge in [0.2, 0.25) is 11.8 Å². The second-order valence-corrected chi connectivity index (χ2v) is 7.80. The first-order chi connectivity index (χ1) is 13.1. The van der Waals surface area contributed by atoms with E-state index in [1.807, 2.05) is 11.0 Å². The van der Waals surface area contributed by atoms with Crippen LogP contribution in [0.3, 0.4) is 0 Å². The van der Waals surface area contributed by atoms with E-state index in [9.17, 15) is 9.59 Å². The summed E-state index contributed by atoms with van der Waals surface area (Å²) in [5.74, 6) is 0.0967. The molecular formula is C22H27N3O2. The van der Waals surface area contributed by atoms with Crippen molar-refractivity contribution in [3.05, 3.63) is 48.0 Å². The van der Waals surface area contributed by atoms with Crippen LogP contribution in [0.5, 0.6) is 0 Å². The van der Waals surface area contributed by atoms with Crippen molar-refractivity contribution in [2.45, 2.75) is 31.7 Å². The Kier molecular flexibility index (Phi) is 5.12. The number of piperidine rings is 1. The second kappa shape index (κ2) is 7.69. The molecule has 5 nitrogen and oxygen atoms in total. The number of aryl methyl sites for hydroxylation is 1. The molecule has 27 heavy (non-hydrogen) atoms. The summed E-state index contributed by atoms with van der Waals surface area (Å²) in [5.41, 5.74) is 6.65. The van der Waals surface area contributed by atoms with Gasteiger partial charge in [0.1, 0.15) is 0 Å². The van der Waals surface area contributed by atoms with E-state index < -0.39 is 0 Å². The minimum absolute atomic E-state index is 0.0276. The van der Waals surface area contributed by atoms with Crippen LogP contribution in [-0.2, 0) is 16.0 Å². The van der Waals surface area contributed by atoms with Crippen LogP contribution in [0.4, 0.5) is 0 Å². The van der Waals surface area contributed by atoms with Gasteiger partial charge in [-0.05, 0) is 48.7 Å². The number of hydrogen-bond donors (Lipinski definition) is 1. The van der Waals surface area contributed by atoms with E-state index in [0.717, 1.165) is 45.4 Å². The summed E-state index contributed by atoms with van der Waals surface area (Å²) in [5, 5.41) is 2.47. The summed E-state index contributed by atoms with van der Waals surface area (Å²) in [6.45, 7) is 3.46. The summed E-state index contributed by atoms with van der Waals surface area (Å²) in [4.78, 5) is 28.2. The van der Waals surface area contributed by atoms with Crippen molar-refractivity contribution in [1.82, 2.24) is 9.80 Å². The third-order valence-electron chi connectivity index (χ3n) is 6.15. The first-order valence-electron chi connectivity index (χ1n) is 9.89. The monoisotopic (exact) mass is 365 g/mol. The van der Waals surface area contributed by atoms with Crippen LogP contribution in [0.25, 0.3) is 10.8 Å². The Morgan fingerprint density at radius 3 is 2.44 bits per heavy atom. The SMILES string of the molecule is NC(=O)C1CCN(C2CN(C(=O)CCc3cccc4ccccc34)C2)CC1. The minimum atomic E-state index is -0.173. The third-order valence-corrected chi connectivity index (χ3v) is 6.15. The molecule has 0 atom stereocenters. The van der Waals surface area contributed by atoms with Crippen LogP contribution >= 0.6 is 0 Å². The molecule has 2 aromatic rings. The van der Waals surface area contributed by atoms with E-state index in [4.69, 9.17) is 5.73 Å². The van der Waals surface area contributed by atoms with Crippen LogP contribution in [0.15, 0.2) is 42.5 Å². The molecule has 0 aliphatic carbocycles. The van der Waals surface area contributed by atoms with Crippen LogP contribution in [-0.4, -0.2) is 53.8 Å². The highest BCUT2D eigenvalue weighted by Crippen LogP contribution is 2.24. The zero-order chi connectivity index (χ0) is 18.8. The molecule has 2 saturated heterocycles. The number of carbonyl (C=O) groups excluding carboxylic acids is 2. The summed E-state index contributed by atoms with van der Waals surface area (Å²) in [7, 11) is 0. The average molecular weight is 365 g/mol. The third kappa shape index (κ3) is 3.83. The maximum atomic E-state index is 12.6. The van der Waals surface area contributed by atoms with Crippen LogP contribution in [0.2, 0.25) is 0 Å². The zero-order valence-electron chi connectivity index (χ0n) is 15.6. The Balaban J connectivity index is 1.26. The van der Waals surface area contributed by atoms with Gasteiger partial charge >= 0.3 is 0 Å². The molecule has 142 valence electrons. The predicted molar refractivity (Wildman–Crippen MR) is 106 cm³/mol. The first-order valence-corrected chi connectivity index (χ1v) is 9.89. The number of rotatable bonds is 5. The molecular weight excluding hydrogens is 338 g/mol. The van der Waals surface area contributed by atoms with E-state index in [1.165, 1.54) is 16.3 Å². The van der Waals surface area contributed by atoms with Crippen molar-refractivity contribution < 1.29 is 9.59 Å². The van der Waals surface area contributed by atoms with Gasteiger partial charge in [-0.1, -0.05) is 42.5 Å². The Bertz CT molecular complexity index is 831. The molecule has 0 radical (unpaired) electrons.